The summed E-state index contributed by atoms with van der Waals surface area (Å²) in [6.45, 7) is 1.98. The van der Waals surface area contributed by atoms with Gasteiger partial charge in [0, 0.05) is 11.3 Å². The maximum atomic E-state index is 12.0. The van der Waals surface area contributed by atoms with Gasteiger partial charge < -0.3 is 11.1 Å². The quantitative estimate of drug-likeness (QED) is 0.809. The van der Waals surface area contributed by atoms with Gasteiger partial charge in [0.1, 0.15) is 6.42 Å². The summed E-state index contributed by atoms with van der Waals surface area (Å²) in [5.41, 5.74) is 7.03. The molecular formula is C13H13F3N2O. The Bertz CT molecular complexity index is 527. The molecule has 0 aliphatic carbocycles. The Kier molecular flexibility index (Phi) is 4.95. The van der Waals surface area contributed by atoms with Gasteiger partial charge in [-0.15, -0.1) is 0 Å². The van der Waals surface area contributed by atoms with Crippen molar-refractivity contribution in [1.29, 1.82) is 0 Å². The molecule has 0 fully saturated rings. The van der Waals surface area contributed by atoms with Gasteiger partial charge in [-0.25, -0.2) is 0 Å². The lowest BCUT2D eigenvalue weighted by Gasteiger charge is -2.09. The first-order valence-corrected chi connectivity index (χ1v) is 5.48. The Morgan fingerprint density at radius 1 is 1.42 bits per heavy atom. The van der Waals surface area contributed by atoms with Crippen molar-refractivity contribution in [2.45, 2.75) is 19.5 Å². The van der Waals surface area contributed by atoms with Gasteiger partial charge in [0.15, 0.2) is 0 Å². The molecule has 1 amide bonds. The third kappa shape index (κ3) is 5.44. The molecular weight excluding hydrogens is 257 g/mol. The Balaban J connectivity index is 2.76. The number of hydrogen-bond donors (Lipinski definition) is 2. The number of nitrogens with two attached hydrogens (primary N) is 1. The number of carbonyl (C=O) groups is 1. The van der Waals surface area contributed by atoms with Crippen molar-refractivity contribution in [3.63, 3.8) is 0 Å². The van der Waals surface area contributed by atoms with E-state index < -0.39 is 18.5 Å². The molecule has 3 N–H and O–H groups in total. The second-order valence-corrected chi connectivity index (χ2v) is 3.88. The molecule has 102 valence electrons. The van der Waals surface area contributed by atoms with Crippen LogP contribution >= 0.6 is 0 Å². The average Bonchev–Trinajstić information content (AvgIpc) is 2.25. The van der Waals surface area contributed by atoms with Crippen molar-refractivity contribution < 1.29 is 18.0 Å². The van der Waals surface area contributed by atoms with E-state index in [1.807, 2.05) is 0 Å². The van der Waals surface area contributed by atoms with Crippen LogP contribution in [0.1, 0.15) is 17.5 Å². The highest BCUT2D eigenvalue weighted by atomic mass is 19.4. The van der Waals surface area contributed by atoms with Crippen LogP contribution in [0.5, 0.6) is 0 Å². The molecule has 0 bridgehead atoms. The molecule has 0 aliphatic rings. The molecule has 0 heterocycles. The summed E-state index contributed by atoms with van der Waals surface area (Å²) in [7, 11) is 0. The molecule has 0 spiro atoms. The van der Waals surface area contributed by atoms with E-state index in [0.717, 1.165) is 11.1 Å². The highest BCUT2D eigenvalue weighted by Crippen LogP contribution is 2.21. The van der Waals surface area contributed by atoms with E-state index in [1.54, 1.807) is 19.1 Å². The number of nitrogens with one attached hydrogen (secondary N) is 1. The molecule has 0 unspecified atom stereocenters. The van der Waals surface area contributed by atoms with E-state index in [1.165, 1.54) is 6.07 Å². The third-order valence-corrected chi connectivity index (χ3v) is 2.20. The molecule has 6 heteroatoms. The number of benzene rings is 1. The summed E-state index contributed by atoms with van der Waals surface area (Å²) in [6.07, 6.45) is -6.01. The van der Waals surface area contributed by atoms with Crippen molar-refractivity contribution >= 4 is 11.6 Å². The normalized spacial score (nSPS) is 10.6. The molecule has 0 aromatic heterocycles. The fourth-order valence-corrected chi connectivity index (χ4v) is 1.42. The first-order chi connectivity index (χ1) is 8.81. The van der Waals surface area contributed by atoms with Gasteiger partial charge in [-0.2, -0.15) is 13.2 Å². The molecule has 0 saturated heterocycles. The van der Waals surface area contributed by atoms with Gasteiger partial charge in [0.2, 0.25) is 5.91 Å². The number of aryl methyl sites for hydroxylation is 1. The third-order valence-electron chi connectivity index (χ3n) is 2.20. The minimum atomic E-state index is -4.51. The van der Waals surface area contributed by atoms with E-state index in [9.17, 15) is 18.0 Å². The monoisotopic (exact) mass is 270 g/mol. The highest BCUT2D eigenvalue weighted by molar-refractivity contribution is 5.91. The zero-order chi connectivity index (χ0) is 14.5. The zero-order valence-electron chi connectivity index (χ0n) is 10.3. The van der Waals surface area contributed by atoms with Crippen LogP contribution in [-0.4, -0.2) is 18.6 Å². The highest BCUT2D eigenvalue weighted by Gasteiger charge is 2.31. The van der Waals surface area contributed by atoms with Gasteiger partial charge in [-0.1, -0.05) is 11.8 Å². The maximum Gasteiger partial charge on any atom is 0.397 e. The van der Waals surface area contributed by atoms with Gasteiger partial charge >= 0.3 is 6.18 Å². The Labute approximate surface area is 109 Å². The Hall–Kier alpha value is -2.00. The minimum Gasteiger partial charge on any atom is -0.326 e. The van der Waals surface area contributed by atoms with Crippen LogP contribution < -0.4 is 11.1 Å². The van der Waals surface area contributed by atoms with Gasteiger partial charge in [0.05, 0.1) is 6.54 Å². The van der Waals surface area contributed by atoms with Crippen molar-refractivity contribution in [3.8, 4) is 11.8 Å². The fourth-order valence-electron chi connectivity index (χ4n) is 1.42. The first kappa shape index (κ1) is 15.1. The maximum absolute atomic E-state index is 12.0. The number of rotatable bonds is 2. The zero-order valence-corrected chi connectivity index (χ0v) is 10.3. The van der Waals surface area contributed by atoms with Gasteiger partial charge in [-0.05, 0) is 30.7 Å². The number of alkyl halides is 3. The van der Waals surface area contributed by atoms with Crippen LogP contribution in [0.3, 0.4) is 0 Å². The molecule has 0 radical (unpaired) electrons. The van der Waals surface area contributed by atoms with Crippen LogP contribution in [0.25, 0.3) is 0 Å². The van der Waals surface area contributed by atoms with Crippen molar-refractivity contribution in [2.24, 2.45) is 5.73 Å². The fraction of sp³-hybridized carbons (Fsp3) is 0.308. The largest absolute Gasteiger partial charge is 0.397 e. The standard InChI is InChI=1S/C13H13F3N2O/c1-9-7-11(5-4-10(9)3-2-6-17)18-12(19)8-13(14,15)16/h4-5,7H,6,8,17H2,1H3,(H,18,19). The molecule has 19 heavy (non-hydrogen) atoms. The predicted molar refractivity (Wildman–Crippen MR) is 66.4 cm³/mol. The van der Waals surface area contributed by atoms with Crippen molar-refractivity contribution in [3.05, 3.63) is 29.3 Å². The van der Waals surface area contributed by atoms with E-state index >= 15 is 0 Å². The number of hydrogen-bond acceptors (Lipinski definition) is 2. The summed E-state index contributed by atoms with van der Waals surface area (Å²) in [4.78, 5) is 11.1. The number of carbonyl (C=O) groups excluding carboxylic acids is 1. The van der Waals surface area contributed by atoms with Crippen LogP contribution in [0.4, 0.5) is 18.9 Å². The molecule has 1 rings (SSSR count). The summed E-state index contributed by atoms with van der Waals surface area (Å²) in [6, 6.07) is 4.69. The van der Waals surface area contributed by atoms with Crippen LogP contribution in [0.2, 0.25) is 0 Å². The molecule has 1 aromatic carbocycles. The Morgan fingerprint density at radius 3 is 2.63 bits per heavy atom. The van der Waals surface area contributed by atoms with Crippen molar-refractivity contribution in [2.75, 3.05) is 11.9 Å². The molecule has 0 atom stereocenters. The number of anilines is 1. The van der Waals surface area contributed by atoms with E-state index in [-0.39, 0.29) is 6.54 Å². The number of amides is 1. The second kappa shape index (κ2) is 6.25. The topological polar surface area (TPSA) is 55.1 Å². The smallest absolute Gasteiger partial charge is 0.326 e. The summed E-state index contributed by atoms with van der Waals surface area (Å²) >= 11 is 0. The lowest BCUT2D eigenvalue weighted by atomic mass is 10.1. The van der Waals surface area contributed by atoms with Crippen LogP contribution in [-0.2, 0) is 4.79 Å². The average molecular weight is 270 g/mol. The van der Waals surface area contributed by atoms with E-state index in [4.69, 9.17) is 5.73 Å². The van der Waals surface area contributed by atoms with Crippen LogP contribution in [0.15, 0.2) is 18.2 Å². The SMILES string of the molecule is Cc1cc(NC(=O)CC(F)(F)F)ccc1C#CCN. The molecule has 0 aliphatic heterocycles. The van der Waals surface area contributed by atoms with Crippen molar-refractivity contribution in [1.82, 2.24) is 0 Å². The number of halogens is 3. The predicted octanol–water partition coefficient (Wildman–Crippen LogP) is 2.20. The molecule has 1 aromatic rings. The minimum absolute atomic E-state index is 0.226. The molecule has 3 nitrogen and oxygen atoms in total. The van der Waals surface area contributed by atoms with E-state index in [2.05, 4.69) is 17.2 Å². The lowest BCUT2D eigenvalue weighted by molar-refractivity contribution is -0.150. The van der Waals surface area contributed by atoms with Crippen LogP contribution in [0, 0.1) is 18.8 Å². The lowest BCUT2D eigenvalue weighted by Crippen LogP contribution is -2.21. The summed E-state index contributed by atoms with van der Waals surface area (Å²) < 4.78 is 36.0. The van der Waals surface area contributed by atoms with Gasteiger partial charge in [0.25, 0.3) is 0 Å². The van der Waals surface area contributed by atoms with E-state index in [0.29, 0.717) is 5.69 Å². The van der Waals surface area contributed by atoms with Gasteiger partial charge in [-0.3, -0.25) is 4.79 Å². The first-order valence-electron chi connectivity index (χ1n) is 5.48. The second-order valence-electron chi connectivity index (χ2n) is 3.88. The molecule has 0 saturated carbocycles. The Morgan fingerprint density at radius 2 is 2.11 bits per heavy atom. The summed E-state index contributed by atoms with van der Waals surface area (Å²) in [5, 5.41) is 2.19. The summed E-state index contributed by atoms with van der Waals surface area (Å²) in [5.74, 6) is 4.41.